The number of allylic oxidation sites excluding steroid dienone is 1. The molecule has 70 valence electrons. The van der Waals surface area contributed by atoms with E-state index < -0.39 is 8.80 Å². The normalized spacial score (nSPS) is 11.2. The molecule has 0 fully saturated rings. The average molecular weight is 190 g/mol. The van der Waals surface area contributed by atoms with Crippen molar-refractivity contribution < 1.29 is 18.1 Å². The van der Waals surface area contributed by atoms with Gasteiger partial charge in [0.05, 0.1) is 0 Å². The molecular formula is C7H14O4Si. The van der Waals surface area contributed by atoms with Gasteiger partial charge in [-0.15, -0.1) is 0 Å². The lowest BCUT2D eigenvalue weighted by atomic mass is 10.7. The Kier molecular flexibility index (Phi) is 4.99. The molecule has 0 aliphatic rings. The van der Waals surface area contributed by atoms with E-state index in [9.17, 15) is 4.79 Å². The lowest BCUT2D eigenvalue weighted by Gasteiger charge is -2.22. The third-order valence-corrected chi connectivity index (χ3v) is 3.91. The van der Waals surface area contributed by atoms with Crippen LogP contribution < -0.4 is 0 Å². The van der Waals surface area contributed by atoms with Crippen molar-refractivity contribution >= 4 is 14.2 Å². The third-order valence-electron chi connectivity index (χ3n) is 1.36. The molecule has 0 atom stereocenters. The molecule has 0 radical (unpaired) electrons. The zero-order valence-electron chi connectivity index (χ0n) is 7.62. The number of hydrogen-bond acceptors (Lipinski definition) is 4. The molecule has 0 aromatic carbocycles. The van der Waals surface area contributed by atoms with Crippen LogP contribution in [0.15, 0.2) is 12.7 Å². The van der Waals surface area contributed by atoms with Gasteiger partial charge < -0.3 is 13.3 Å². The van der Waals surface area contributed by atoms with Crippen molar-refractivity contribution in [3.8, 4) is 0 Å². The van der Waals surface area contributed by atoms with Gasteiger partial charge in [-0.05, 0) is 13.0 Å². The van der Waals surface area contributed by atoms with Crippen LogP contribution in [0.25, 0.3) is 0 Å². The quantitative estimate of drug-likeness (QED) is 0.453. The van der Waals surface area contributed by atoms with Gasteiger partial charge in [0.2, 0.25) is 5.41 Å². The Balaban J connectivity index is 4.55. The summed E-state index contributed by atoms with van der Waals surface area (Å²) >= 11 is 0. The van der Waals surface area contributed by atoms with Crippen molar-refractivity contribution in [1.82, 2.24) is 0 Å². The Bertz CT molecular complexity index is 165. The van der Waals surface area contributed by atoms with E-state index in [-0.39, 0.29) is 5.41 Å². The topological polar surface area (TPSA) is 44.8 Å². The maximum atomic E-state index is 11.3. The monoisotopic (exact) mass is 190 g/mol. The van der Waals surface area contributed by atoms with Gasteiger partial charge in [0, 0.05) is 20.8 Å². The summed E-state index contributed by atoms with van der Waals surface area (Å²) in [4.78, 5) is 11.3. The number of carbonyl (C=O) groups is 1. The van der Waals surface area contributed by atoms with Crippen molar-refractivity contribution in [1.29, 1.82) is 0 Å². The molecule has 0 spiro atoms. The second-order valence-corrected chi connectivity index (χ2v) is 4.68. The van der Waals surface area contributed by atoms with E-state index >= 15 is 0 Å². The highest BCUT2D eigenvalue weighted by Crippen LogP contribution is 2.08. The number of hydrogen-bond donors (Lipinski definition) is 0. The fourth-order valence-corrected chi connectivity index (χ4v) is 2.37. The minimum atomic E-state index is -3.10. The first-order chi connectivity index (χ1) is 5.66. The molecule has 4 nitrogen and oxygen atoms in total. The molecule has 0 rings (SSSR count). The highest BCUT2D eigenvalue weighted by Gasteiger charge is 2.46. The summed E-state index contributed by atoms with van der Waals surface area (Å²) in [6.45, 7) is 5.51. The molecule has 0 amide bonds. The van der Waals surface area contributed by atoms with E-state index in [0.717, 1.165) is 6.08 Å². The summed E-state index contributed by atoms with van der Waals surface area (Å²) in [5, 5.41) is -0.311. The van der Waals surface area contributed by atoms with Gasteiger partial charge in [-0.2, -0.15) is 0 Å². The van der Waals surface area contributed by atoms with Gasteiger partial charge in [0.25, 0.3) is 0 Å². The van der Waals surface area contributed by atoms with Gasteiger partial charge in [-0.25, -0.2) is 0 Å². The number of rotatable bonds is 6. The summed E-state index contributed by atoms with van der Waals surface area (Å²) in [5.74, 6) is 0. The van der Waals surface area contributed by atoms with Gasteiger partial charge in [0.15, 0.2) is 0 Å². The SMILES string of the molecule is C=CC(=O)[Si](OC)(OC)OCC. The van der Waals surface area contributed by atoms with Crippen molar-refractivity contribution in [3.63, 3.8) is 0 Å². The summed E-state index contributed by atoms with van der Waals surface area (Å²) in [6.07, 6.45) is 1.16. The highest BCUT2D eigenvalue weighted by atomic mass is 28.4. The zero-order valence-corrected chi connectivity index (χ0v) is 8.62. The van der Waals surface area contributed by atoms with Crippen LogP contribution in [0.5, 0.6) is 0 Å². The van der Waals surface area contributed by atoms with Crippen LogP contribution in [0.4, 0.5) is 0 Å². The first-order valence-electron chi connectivity index (χ1n) is 3.58. The highest BCUT2D eigenvalue weighted by molar-refractivity contribution is 6.94. The van der Waals surface area contributed by atoms with E-state index in [1.165, 1.54) is 14.2 Å². The molecule has 0 saturated heterocycles. The minimum Gasteiger partial charge on any atom is -0.372 e. The first kappa shape index (κ1) is 11.5. The molecule has 0 aromatic rings. The van der Waals surface area contributed by atoms with Gasteiger partial charge in [0.1, 0.15) is 0 Å². The van der Waals surface area contributed by atoms with Crippen molar-refractivity contribution in [2.24, 2.45) is 0 Å². The Morgan fingerprint density at radius 3 is 2.25 bits per heavy atom. The first-order valence-corrected chi connectivity index (χ1v) is 5.30. The molecular weight excluding hydrogens is 176 g/mol. The number of carbonyl (C=O) groups excluding carboxylic acids is 1. The molecule has 0 N–H and O–H groups in total. The van der Waals surface area contributed by atoms with Crippen molar-refractivity contribution in [3.05, 3.63) is 12.7 Å². The Labute approximate surface area is 73.5 Å². The predicted octanol–water partition coefficient (Wildman–Crippen LogP) is 0.549. The van der Waals surface area contributed by atoms with E-state index in [2.05, 4.69) is 6.58 Å². The predicted molar refractivity (Wildman–Crippen MR) is 46.6 cm³/mol. The van der Waals surface area contributed by atoms with Crippen LogP contribution in [0, 0.1) is 0 Å². The molecule has 0 bridgehead atoms. The molecule has 0 heterocycles. The van der Waals surface area contributed by atoms with E-state index in [0.29, 0.717) is 6.61 Å². The molecule has 0 unspecified atom stereocenters. The smallest absolute Gasteiger partial charge is 0.372 e. The average Bonchev–Trinajstić information content (AvgIpc) is 2.13. The van der Waals surface area contributed by atoms with Gasteiger partial charge in [-0.3, -0.25) is 4.79 Å². The second-order valence-electron chi connectivity index (χ2n) is 1.97. The van der Waals surface area contributed by atoms with Crippen molar-refractivity contribution in [2.45, 2.75) is 6.92 Å². The van der Waals surface area contributed by atoms with Crippen LogP contribution in [0.1, 0.15) is 6.92 Å². The zero-order chi connectivity index (χ0) is 9.61. The molecule has 0 saturated carbocycles. The van der Waals surface area contributed by atoms with E-state index in [1.807, 2.05) is 0 Å². The van der Waals surface area contributed by atoms with Crippen LogP contribution in [-0.2, 0) is 18.1 Å². The summed E-state index contributed by atoms with van der Waals surface area (Å²) in [7, 11) is -0.313. The standard InChI is InChI=1S/C7H14O4Si/c1-5-7(8)12(9-3,10-4)11-6-2/h5H,1,6H2,2-4H3. The Hall–Kier alpha value is -0.493. The summed E-state index contributed by atoms with van der Waals surface area (Å²) in [6, 6.07) is 0. The summed E-state index contributed by atoms with van der Waals surface area (Å²) < 4.78 is 15.1. The molecule has 5 heteroatoms. The van der Waals surface area contributed by atoms with Crippen LogP contribution in [0.2, 0.25) is 0 Å². The second kappa shape index (κ2) is 5.21. The lowest BCUT2D eigenvalue weighted by molar-refractivity contribution is -0.114. The maximum absolute atomic E-state index is 11.3. The maximum Gasteiger partial charge on any atom is 0.578 e. The van der Waals surface area contributed by atoms with Crippen LogP contribution in [-0.4, -0.2) is 35.0 Å². The van der Waals surface area contributed by atoms with E-state index in [1.54, 1.807) is 6.92 Å². The Morgan fingerprint density at radius 2 is 2.00 bits per heavy atom. The fourth-order valence-electron chi connectivity index (χ4n) is 0.789. The minimum absolute atomic E-state index is 0.311. The third kappa shape index (κ3) is 2.24. The van der Waals surface area contributed by atoms with Crippen LogP contribution in [0.3, 0.4) is 0 Å². The molecule has 0 aliphatic heterocycles. The van der Waals surface area contributed by atoms with Crippen molar-refractivity contribution in [2.75, 3.05) is 20.8 Å². The molecule has 0 aliphatic carbocycles. The summed E-state index contributed by atoms with van der Waals surface area (Å²) in [5.41, 5.74) is 0. The van der Waals surface area contributed by atoms with E-state index in [4.69, 9.17) is 13.3 Å². The van der Waals surface area contributed by atoms with Gasteiger partial charge >= 0.3 is 8.80 Å². The molecule has 12 heavy (non-hydrogen) atoms. The lowest BCUT2D eigenvalue weighted by Crippen LogP contribution is -2.51. The Morgan fingerprint density at radius 1 is 1.50 bits per heavy atom. The van der Waals surface area contributed by atoms with Crippen LogP contribution >= 0.6 is 0 Å². The molecule has 0 aromatic heterocycles. The largest absolute Gasteiger partial charge is 0.578 e. The fraction of sp³-hybridized carbons (Fsp3) is 0.571. The van der Waals surface area contributed by atoms with Gasteiger partial charge in [-0.1, -0.05) is 6.58 Å².